The van der Waals surface area contributed by atoms with Crippen molar-refractivity contribution >= 4 is 5.91 Å². The van der Waals surface area contributed by atoms with Crippen molar-refractivity contribution < 1.29 is 14.6 Å². The van der Waals surface area contributed by atoms with Crippen molar-refractivity contribution in [2.75, 3.05) is 26.8 Å². The summed E-state index contributed by atoms with van der Waals surface area (Å²) in [6.45, 7) is 1.66. The normalized spacial score (nSPS) is 38.3. The van der Waals surface area contributed by atoms with Gasteiger partial charge in [0.25, 0.3) is 0 Å². The van der Waals surface area contributed by atoms with Gasteiger partial charge in [0.1, 0.15) is 0 Å². The highest BCUT2D eigenvalue weighted by Crippen LogP contribution is 2.12. The zero-order chi connectivity index (χ0) is 10.1. The van der Waals surface area contributed by atoms with Crippen LogP contribution in [0.25, 0.3) is 0 Å². The Labute approximate surface area is 83.0 Å². The van der Waals surface area contributed by atoms with Crippen LogP contribution in [0, 0.1) is 0 Å². The lowest BCUT2D eigenvalue weighted by Gasteiger charge is -2.19. The highest BCUT2D eigenvalue weighted by molar-refractivity contribution is 5.78. The molecule has 2 aliphatic heterocycles. The summed E-state index contributed by atoms with van der Waals surface area (Å²) in [5.41, 5.74) is 0. The van der Waals surface area contributed by atoms with Crippen LogP contribution in [0.5, 0.6) is 0 Å². The molecule has 0 aromatic heterocycles. The molecule has 0 aromatic carbocycles. The van der Waals surface area contributed by atoms with Crippen LogP contribution in [-0.2, 0) is 9.53 Å². The lowest BCUT2D eigenvalue weighted by Crippen LogP contribution is -2.45. The number of amides is 1. The fourth-order valence-corrected chi connectivity index (χ4v) is 1.98. The monoisotopic (exact) mass is 200 g/mol. The number of likely N-dealkylation sites (N-methyl/N-ethyl adjacent to an activating group) is 1. The maximum absolute atomic E-state index is 11.2. The minimum absolute atomic E-state index is 0.0145. The molecule has 5 nitrogen and oxygen atoms in total. The standard InChI is InChI=1S/C9H16N2O3/c1-11-3-6(2-9(11)13)10-7-4-14-5-8(7)12/h6-8,10,12H,2-5H2,1H3. The van der Waals surface area contributed by atoms with E-state index in [1.54, 1.807) is 11.9 Å². The molecular weight excluding hydrogens is 184 g/mol. The fraction of sp³-hybridized carbons (Fsp3) is 0.889. The first-order valence-electron chi connectivity index (χ1n) is 4.92. The Balaban J connectivity index is 1.83. The van der Waals surface area contributed by atoms with Gasteiger partial charge >= 0.3 is 0 Å². The molecule has 0 radical (unpaired) electrons. The van der Waals surface area contributed by atoms with Gasteiger partial charge in [-0.15, -0.1) is 0 Å². The van der Waals surface area contributed by atoms with Gasteiger partial charge in [0.2, 0.25) is 5.91 Å². The molecular formula is C9H16N2O3. The largest absolute Gasteiger partial charge is 0.389 e. The number of hydrogen-bond acceptors (Lipinski definition) is 4. The van der Waals surface area contributed by atoms with E-state index in [0.29, 0.717) is 19.6 Å². The van der Waals surface area contributed by atoms with Crippen molar-refractivity contribution in [1.29, 1.82) is 0 Å². The van der Waals surface area contributed by atoms with Gasteiger partial charge in [0.05, 0.1) is 25.4 Å². The number of likely N-dealkylation sites (tertiary alicyclic amines) is 1. The second-order valence-electron chi connectivity index (χ2n) is 4.05. The molecule has 3 atom stereocenters. The second kappa shape index (κ2) is 3.84. The lowest BCUT2D eigenvalue weighted by molar-refractivity contribution is -0.126. The smallest absolute Gasteiger partial charge is 0.224 e. The van der Waals surface area contributed by atoms with E-state index in [9.17, 15) is 9.90 Å². The van der Waals surface area contributed by atoms with E-state index in [1.807, 2.05) is 0 Å². The molecule has 2 aliphatic rings. The summed E-state index contributed by atoms with van der Waals surface area (Å²) in [6.07, 6.45) is 0.0932. The predicted molar refractivity (Wildman–Crippen MR) is 49.8 cm³/mol. The van der Waals surface area contributed by atoms with E-state index in [4.69, 9.17) is 4.74 Å². The van der Waals surface area contributed by atoms with Crippen molar-refractivity contribution in [2.45, 2.75) is 24.6 Å². The van der Waals surface area contributed by atoms with Crippen molar-refractivity contribution in [2.24, 2.45) is 0 Å². The zero-order valence-corrected chi connectivity index (χ0v) is 8.27. The Morgan fingerprint density at radius 1 is 1.57 bits per heavy atom. The SMILES string of the molecule is CN1CC(NC2COCC2O)CC1=O. The zero-order valence-electron chi connectivity index (χ0n) is 8.27. The van der Waals surface area contributed by atoms with Crippen molar-refractivity contribution in [3.8, 4) is 0 Å². The first-order valence-corrected chi connectivity index (χ1v) is 4.92. The summed E-state index contributed by atoms with van der Waals surface area (Å²) < 4.78 is 5.12. The molecule has 0 saturated carbocycles. The number of aliphatic hydroxyl groups is 1. The van der Waals surface area contributed by atoms with Gasteiger partial charge in [-0.1, -0.05) is 0 Å². The van der Waals surface area contributed by atoms with Crippen LogP contribution in [0.2, 0.25) is 0 Å². The van der Waals surface area contributed by atoms with Crippen LogP contribution in [0.3, 0.4) is 0 Å². The highest BCUT2D eigenvalue weighted by Gasteiger charge is 2.33. The molecule has 0 spiro atoms. The van der Waals surface area contributed by atoms with Gasteiger partial charge in [-0.05, 0) is 0 Å². The van der Waals surface area contributed by atoms with Crippen LogP contribution in [-0.4, -0.2) is 60.9 Å². The van der Waals surface area contributed by atoms with Gasteiger partial charge in [0.15, 0.2) is 0 Å². The molecule has 5 heteroatoms. The van der Waals surface area contributed by atoms with Gasteiger partial charge in [-0.2, -0.15) is 0 Å². The number of rotatable bonds is 2. The molecule has 2 N–H and O–H groups in total. The first kappa shape index (κ1) is 9.89. The van der Waals surface area contributed by atoms with Gasteiger partial charge in [-0.25, -0.2) is 0 Å². The third-order valence-electron chi connectivity index (χ3n) is 2.84. The molecule has 1 amide bonds. The third kappa shape index (κ3) is 1.89. The molecule has 14 heavy (non-hydrogen) atoms. The van der Waals surface area contributed by atoms with Gasteiger partial charge < -0.3 is 20.1 Å². The predicted octanol–water partition coefficient (Wildman–Crippen LogP) is -1.43. The van der Waals surface area contributed by atoms with Gasteiger partial charge in [-0.3, -0.25) is 4.79 Å². The quantitative estimate of drug-likeness (QED) is 0.573. The van der Waals surface area contributed by atoms with Crippen LogP contribution in [0.15, 0.2) is 0 Å². The molecule has 0 aliphatic carbocycles. The summed E-state index contributed by atoms with van der Waals surface area (Å²) in [5.74, 6) is 0.163. The molecule has 2 heterocycles. The summed E-state index contributed by atoms with van der Waals surface area (Å²) in [4.78, 5) is 12.9. The number of aliphatic hydroxyl groups excluding tert-OH is 1. The number of nitrogens with zero attached hydrogens (tertiary/aromatic N) is 1. The minimum atomic E-state index is -0.434. The van der Waals surface area contributed by atoms with Crippen molar-refractivity contribution in [3.63, 3.8) is 0 Å². The summed E-state index contributed by atoms with van der Waals surface area (Å²) in [5, 5.41) is 12.7. The van der Waals surface area contributed by atoms with Crippen LogP contribution >= 0.6 is 0 Å². The summed E-state index contributed by atoms with van der Waals surface area (Å²) in [7, 11) is 1.80. The first-order chi connectivity index (χ1) is 6.66. The number of ether oxygens (including phenoxy) is 1. The fourth-order valence-electron chi connectivity index (χ4n) is 1.98. The number of hydrogen-bond donors (Lipinski definition) is 2. The maximum atomic E-state index is 11.2. The molecule has 0 aromatic rings. The Morgan fingerprint density at radius 3 is 2.86 bits per heavy atom. The maximum Gasteiger partial charge on any atom is 0.224 e. The van der Waals surface area contributed by atoms with Crippen LogP contribution in [0.4, 0.5) is 0 Å². The Morgan fingerprint density at radius 2 is 2.36 bits per heavy atom. The highest BCUT2D eigenvalue weighted by atomic mass is 16.5. The minimum Gasteiger partial charge on any atom is -0.389 e. The van der Waals surface area contributed by atoms with Gasteiger partial charge in [0, 0.05) is 26.1 Å². The van der Waals surface area contributed by atoms with Crippen LogP contribution in [0.1, 0.15) is 6.42 Å². The lowest BCUT2D eigenvalue weighted by atomic mass is 10.1. The number of carbonyl (C=O) groups is 1. The average molecular weight is 200 g/mol. The molecule has 0 bridgehead atoms. The topological polar surface area (TPSA) is 61.8 Å². The molecule has 80 valence electrons. The van der Waals surface area contributed by atoms with Crippen LogP contribution < -0.4 is 5.32 Å². The Hall–Kier alpha value is -0.650. The summed E-state index contributed by atoms with van der Waals surface area (Å²) in [6, 6.07) is 0.146. The van der Waals surface area contributed by atoms with E-state index in [1.165, 1.54) is 0 Å². The molecule has 3 unspecified atom stereocenters. The van der Waals surface area contributed by atoms with E-state index in [0.717, 1.165) is 6.54 Å². The number of carbonyl (C=O) groups excluding carboxylic acids is 1. The molecule has 2 saturated heterocycles. The van der Waals surface area contributed by atoms with E-state index >= 15 is 0 Å². The Kier molecular flexibility index (Phi) is 2.71. The molecule has 2 fully saturated rings. The summed E-state index contributed by atoms with van der Waals surface area (Å²) >= 11 is 0. The van der Waals surface area contributed by atoms with Crippen molar-refractivity contribution in [1.82, 2.24) is 10.2 Å². The second-order valence-corrected chi connectivity index (χ2v) is 4.05. The average Bonchev–Trinajstić information content (AvgIpc) is 2.63. The molecule has 2 rings (SSSR count). The van der Waals surface area contributed by atoms with E-state index in [2.05, 4.69) is 5.32 Å². The Bertz CT molecular complexity index is 234. The third-order valence-corrected chi connectivity index (χ3v) is 2.84. The van der Waals surface area contributed by atoms with E-state index in [-0.39, 0.29) is 18.0 Å². The van der Waals surface area contributed by atoms with E-state index < -0.39 is 6.10 Å². The number of nitrogens with one attached hydrogen (secondary N) is 1. The van der Waals surface area contributed by atoms with Crippen molar-refractivity contribution in [3.05, 3.63) is 0 Å².